The minimum Gasteiger partial charge on any atom is -0.478 e. The maximum absolute atomic E-state index is 12.4. The van der Waals surface area contributed by atoms with Crippen LogP contribution in [0.1, 0.15) is 39.7 Å². The van der Waals surface area contributed by atoms with Gasteiger partial charge in [0.1, 0.15) is 0 Å². The van der Waals surface area contributed by atoms with E-state index in [0.29, 0.717) is 12.5 Å². The Kier molecular flexibility index (Phi) is 5.05. The highest BCUT2D eigenvalue weighted by Gasteiger charge is 2.25. The van der Waals surface area contributed by atoms with Crippen molar-refractivity contribution in [1.82, 2.24) is 9.88 Å². The molecule has 0 spiro atoms. The summed E-state index contributed by atoms with van der Waals surface area (Å²) in [6, 6.07) is 6.46. The molecule has 1 fully saturated rings. The lowest BCUT2D eigenvalue weighted by Gasteiger charge is -2.31. The number of hydrogen-bond acceptors (Lipinski definition) is 4. The third kappa shape index (κ3) is 3.89. The number of benzene rings is 1. The predicted molar refractivity (Wildman–Crippen MR) is 93.1 cm³/mol. The van der Waals surface area contributed by atoms with E-state index in [9.17, 15) is 9.59 Å². The van der Waals surface area contributed by atoms with Crippen LogP contribution in [-0.2, 0) is 4.79 Å². The van der Waals surface area contributed by atoms with Gasteiger partial charge < -0.3 is 10.0 Å². The molecule has 0 radical (unpaired) electrons. The molecule has 1 atom stereocenters. The van der Waals surface area contributed by atoms with Gasteiger partial charge in [0, 0.05) is 36.7 Å². The van der Waals surface area contributed by atoms with Crippen molar-refractivity contribution in [1.29, 1.82) is 0 Å². The van der Waals surface area contributed by atoms with Crippen molar-refractivity contribution < 1.29 is 14.7 Å². The van der Waals surface area contributed by atoms with Gasteiger partial charge in [0.2, 0.25) is 5.91 Å². The Labute approximate surface area is 144 Å². The van der Waals surface area contributed by atoms with Crippen molar-refractivity contribution in [3.63, 3.8) is 0 Å². The molecular weight excluding hydrogens is 324 g/mol. The summed E-state index contributed by atoms with van der Waals surface area (Å²) >= 11 is 1.64. The molecule has 0 bridgehead atoms. The molecule has 5 nitrogen and oxygen atoms in total. The van der Waals surface area contributed by atoms with Crippen LogP contribution in [0, 0.1) is 0 Å². The van der Waals surface area contributed by atoms with Crippen molar-refractivity contribution in [3.8, 4) is 0 Å². The highest BCUT2D eigenvalue weighted by atomic mass is 32.1. The predicted octanol–water partition coefficient (Wildman–Crippen LogP) is 3.26. The van der Waals surface area contributed by atoms with Crippen molar-refractivity contribution in [3.05, 3.63) is 58.1 Å². The van der Waals surface area contributed by atoms with Crippen molar-refractivity contribution in [2.24, 2.45) is 0 Å². The minimum absolute atomic E-state index is 0.0152. The van der Waals surface area contributed by atoms with Gasteiger partial charge in [-0.25, -0.2) is 9.78 Å². The van der Waals surface area contributed by atoms with Gasteiger partial charge >= 0.3 is 5.97 Å². The number of aromatic carboxylic acids is 1. The van der Waals surface area contributed by atoms with E-state index in [4.69, 9.17) is 5.11 Å². The van der Waals surface area contributed by atoms with Crippen molar-refractivity contribution >= 4 is 29.3 Å². The molecule has 1 saturated heterocycles. The second-order valence-corrected chi connectivity index (χ2v) is 6.68. The third-order valence-corrected chi connectivity index (χ3v) is 5.05. The fourth-order valence-electron chi connectivity index (χ4n) is 2.82. The minimum atomic E-state index is -0.955. The molecule has 124 valence electrons. The fourth-order valence-corrected chi connectivity index (χ4v) is 3.59. The number of carboxylic acid groups (broad SMARTS) is 1. The zero-order chi connectivity index (χ0) is 16.9. The summed E-state index contributed by atoms with van der Waals surface area (Å²) in [4.78, 5) is 29.4. The number of aromatic nitrogens is 1. The standard InChI is InChI=1S/C18H18N2O3S/c21-16(8-5-13-3-6-14(7-4-13)18(22)23)20-10-1-2-15(12-20)17-19-9-11-24-17/h3-9,11,15H,1-2,10,12H2,(H,22,23). The van der Waals surface area contributed by atoms with E-state index in [-0.39, 0.29) is 11.5 Å². The molecule has 1 aliphatic heterocycles. The molecule has 0 aliphatic carbocycles. The molecule has 1 aromatic carbocycles. The summed E-state index contributed by atoms with van der Waals surface area (Å²) in [5.41, 5.74) is 1.04. The molecule has 1 unspecified atom stereocenters. The summed E-state index contributed by atoms with van der Waals surface area (Å²) in [5.74, 6) is -0.646. The van der Waals surface area contributed by atoms with Crippen LogP contribution >= 0.6 is 11.3 Å². The van der Waals surface area contributed by atoms with E-state index >= 15 is 0 Å². The number of rotatable bonds is 4. The number of carbonyl (C=O) groups is 2. The lowest BCUT2D eigenvalue weighted by Crippen LogP contribution is -2.38. The van der Waals surface area contributed by atoms with Gasteiger partial charge in [-0.3, -0.25) is 4.79 Å². The van der Waals surface area contributed by atoms with Gasteiger partial charge in [-0.15, -0.1) is 11.3 Å². The number of thiazole rings is 1. The number of amides is 1. The maximum atomic E-state index is 12.4. The van der Waals surface area contributed by atoms with Crippen LogP contribution in [0.15, 0.2) is 41.9 Å². The van der Waals surface area contributed by atoms with Gasteiger partial charge in [-0.05, 0) is 36.6 Å². The Morgan fingerprint density at radius 1 is 1.29 bits per heavy atom. The Bertz CT molecular complexity index is 738. The highest BCUT2D eigenvalue weighted by molar-refractivity contribution is 7.09. The first-order valence-electron chi connectivity index (χ1n) is 7.83. The van der Waals surface area contributed by atoms with Crippen molar-refractivity contribution in [2.45, 2.75) is 18.8 Å². The van der Waals surface area contributed by atoms with Crippen LogP contribution in [-0.4, -0.2) is 40.0 Å². The third-order valence-electron chi connectivity index (χ3n) is 4.11. The lowest BCUT2D eigenvalue weighted by molar-refractivity contribution is -0.127. The summed E-state index contributed by atoms with van der Waals surface area (Å²) in [7, 11) is 0. The quantitative estimate of drug-likeness (QED) is 0.866. The molecule has 6 heteroatoms. The van der Waals surface area contributed by atoms with Crippen molar-refractivity contribution in [2.75, 3.05) is 13.1 Å². The first-order chi connectivity index (χ1) is 11.6. The monoisotopic (exact) mass is 342 g/mol. The Balaban J connectivity index is 1.62. The average molecular weight is 342 g/mol. The van der Waals surface area contributed by atoms with Gasteiger partial charge in [0.05, 0.1) is 10.6 Å². The maximum Gasteiger partial charge on any atom is 0.335 e. The summed E-state index contributed by atoms with van der Waals surface area (Å²) < 4.78 is 0. The molecular formula is C18H18N2O3S. The molecule has 24 heavy (non-hydrogen) atoms. The second kappa shape index (κ2) is 7.40. The molecule has 1 N–H and O–H groups in total. The van der Waals surface area contributed by atoms with E-state index in [1.807, 2.05) is 10.3 Å². The first kappa shape index (κ1) is 16.4. The van der Waals surface area contributed by atoms with Gasteiger partial charge in [-0.1, -0.05) is 12.1 Å². The Hall–Kier alpha value is -2.47. The molecule has 2 heterocycles. The number of carboxylic acids is 1. The van der Waals surface area contributed by atoms with E-state index in [1.165, 1.54) is 12.1 Å². The van der Waals surface area contributed by atoms with E-state index in [0.717, 1.165) is 30.0 Å². The largest absolute Gasteiger partial charge is 0.478 e. The van der Waals surface area contributed by atoms with Gasteiger partial charge in [0.15, 0.2) is 0 Å². The molecule has 1 amide bonds. The average Bonchev–Trinajstić information content (AvgIpc) is 3.15. The first-order valence-corrected chi connectivity index (χ1v) is 8.71. The number of piperidine rings is 1. The summed E-state index contributed by atoms with van der Waals surface area (Å²) in [6.45, 7) is 1.47. The van der Waals surface area contributed by atoms with Crippen LogP contribution in [0.3, 0.4) is 0 Å². The summed E-state index contributed by atoms with van der Waals surface area (Å²) in [5, 5.41) is 12.0. The SMILES string of the molecule is O=C(O)c1ccc(C=CC(=O)N2CCCC(c3nccs3)C2)cc1. The smallest absolute Gasteiger partial charge is 0.335 e. The zero-order valence-corrected chi connectivity index (χ0v) is 13.9. The van der Waals surface area contributed by atoms with Crippen LogP contribution in [0.2, 0.25) is 0 Å². The number of hydrogen-bond donors (Lipinski definition) is 1. The molecule has 1 aliphatic rings. The van der Waals surface area contributed by atoms with E-state index < -0.39 is 5.97 Å². The molecule has 1 aromatic heterocycles. The van der Waals surface area contributed by atoms with E-state index in [2.05, 4.69) is 4.98 Å². The normalized spacial score (nSPS) is 18.0. The number of nitrogens with zero attached hydrogens (tertiary/aromatic N) is 2. The van der Waals surface area contributed by atoms with Crippen LogP contribution in [0.4, 0.5) is 0 Å². The molecule has 2 aromatic rings. The highest BCUT2D eigenvalue weighted by Crippen LogP contribution is 2.28. The van der Waals surface area contributed by atoms with Gasteiger partial charge in [-0.2, -0.15) is 0 Å². The summed E-state index contributed by atoms with van der Waals surface area (Å²) in [6.07, 6.45) is 7.14. The lowest BCUT2D eigenvalue weighted by atomic mass is 9.98. The van der Waals surface area contributed by atoms with Crippen LogP contribution < -0.4 is 0 Å². The molecule has 3 rings (SSSR count). The van der Waals surface area contributed by atoms with Crippen LogP contribution in [0.25, 0.3) is 6.08 Å². The molecule has 0 saturated carbocycles. The van der Waals surface area contributed by atoms with Crippen LogP contribution in [0.5, 0.6) is 0 Å². The number of carbonyl (C=O) groups excluding carboxylic acids is 1. The van der Waals surface area contributed by atoms with Gasteiger partial charge in [0.25, 0.3) is 0 Å². The Morgan fingerprint density at radius 2 is 2.08 bits per heavy atom. The zero-order valence-electron chi connectivity index (χ0n) is 13.1. The topological polar surface area (TPSA) is 70.5 Å². The van der Waals surface area contributed by atoms with E-state index in [1.54, 1.807) is 41.8 Å². The second-order valence-electron chi connectivity index (χ2n) is 5.75. The Morgan fingerprint density at radius 3 is 2.75 bits per heavy atom. The number of likely N-dealkylation sites (tertiary alicyclic amines) is 1. The fraction of sp³-hybridized carbons (Fsp3) is 0.278.